The van der Waals surface area contributed by atoms with E-state index in [0.29, 0.717) is 25.5 Å². The second-order valence-electron chi connectivity index (χ2n) is 9.63. The lowest BCUT2D eigenvalue weighted by molar-refractivity contribution is -0.141. The number of hydrogen-bond donors (Lipinski definition) is 0. The zero-order chi connectivity index (χ0) is 25.1. The molecule has 1 aliphatic rings. The summed E-state index contributed by atoms with van der Waals surface area (Å²) in [5.41, 5.74) is -0.697. The van der Waals surface area contributed by atoms with Crippen molar-refractivity contribution in [1.29, 1.82) is 0 Å². The molecule has 34 heavy (non-hydrogen) atoms. The molecule has 0 saturated carbocycles. The summed E-state index contributed by atoms with van der Waals surface area (Å²) in [4.78, 5) is 28.7. The van der Waals surface area contributed by atoms with Gasteiger partial charge in [-0.05, 0) is 38.1 Å². The second kappa shape index (κ2) is 10.6. The van der Waals surface area contributed by atoms with Crippen molar-refractivity contribution in [3.63, 3.8) is 0 Å². The van der Waals surface area contributed by atoms with Gasteiger partial charge < -0.3 is 4.90 Å². The predicted molar refractivity (Wildman–Crippen MR) is 129 cm³/mol. The van der Waals surface area contributed by atoms with Gasteiger partial charge in [0.15, 0.2) is 0 Å². The molecule has 7 nitrogen and oxygen atoms in total. The molecular weight excluding hydrogens is 465 g/mol. The van der Waals surface area contributed by atoms with E-state index in [4.69, 9.17) is 0 Å². The van der Waals surface area contributed by atoms with Crippen molar-refractivity contribution in [2.45, 2.75) is 63.7 Å². The highest BCUT2D eigenvalue weighted by Crippen LogP contribution is 2.32. The van der Waals surface area contributed by atoms with Crippen molar-refractivity contribution in [1.82, 2.24) is 24.4 Å². The third-order valence-electron chi connectivity index (χ3n) is 5.82. The smallest absolute Gasteiger partial charge is 0.354 e. The molecule has 0 aliphatic carbocycles. The fourth-order valence-electron chi connectivity index (χ4n) is 3.85. The van der Waals surface area contributed by atoms with Gasteiger partial charge in [0, 0.05) is 50.4 Å². The highest BCUT2D eigenvalue weighted by molar-refractivity contribution is 7.98. The van der Waals surface area contributed by atoms with Gasteiger partial charge in [0.1, 0.15) is 22.4 Å². The van der Waals surface area contributed by atoms with Crippen LogP contribution in [0.25, 0.3) is 0 Å². The zero-order valence-electron chi connectivity index (χ0n) is 20.4. The van der Waals surface area contributed by atoms with E-state index in [-0.39, 0.29) is 11.5 Å². The number of aromatic nitrogens is 4. The maximum absolute atomic E-state index is 13.4. The summed E-state index contributed by atoms with van der Waals surface area (Å²) >= 11 is 1.47. The van der Waals surface area contributed by atoms with Crippen LogP contribution in [0.1, 0.15) is 50.7 Å². The van der Waals surface area contributed by atoms with Crippen LogP contribution >= 0.6 is 11.8 Å². The third-order valence-corrected chi connectivity index (χ3v) is 6.62. The van der Waals surface area contributed by atoms with Gasteiger partial charge in [-0.3, -0.25) is 9.47 Å². The highest BCUT2D eigenvalue weighted by Gasteiger charge is 2.35. The number of anilines is 1. The topological polar surface area (TPSA) is 67.2 Å². The standard InChI is InChI=1S/C23H33F3N6OS/c1-16-15-32(21(33)29-19(16)34-5)9-7-6-8-30-10-12-31(13-11-30)18-14-17(23(24,25)26)27-20(28-18)22(2,3)4/h14-15H,6-13H2,1-5H3. The van der Waals surface area contributed by atoms with Crippen LogP contribution < -0.4 is 10.6 Å². The minimum absolute atomic E-state index is 0.199. The first kappa shape index (κ1) is 26.5. The summed E-state index contributed by atoms with van der Waals surface area (Å²) in [6.45, 7) is 11.6. The van der Waals surface area contributed by atoms with Gasteiger partial charge in [0.05, 0.1) is 0 Å². The maximum Gasteiger partial charge on any atom is 0.433 e. The molecule has 0 atom stereocenters. The first-order valence-corrected chi connectivity index (χ1v) is 12.7. The Morgan fingerprint density at radius 3 is 2.24 bits per heavy atom. The molecule has 1 saturated heterocycles. The average molecular weight is 499 g/mol. The van der Waals surface area contributed by atoms with Gasteiger partial charge in [-0.15, -0.1) is 11.8 Å². The van der Waals surface area contributed by atoms with Crippen molar-refractivity contribution in [3.8, 4) is 0 Å². The molecule has 0 spiro atoms. The summed E-state index contributed by atoms with van der Waals surface area (Å²) in [5.74, 6) is 0.535. The molecule has 0 amide bonds. The Kier molecular flexibility index (Phi) is 8.28. The minimum Gasteiger partial charge on any atom is -0.354 e. The summed E-state index contributed by atoms with van der Waals surface area (Å²) in [5, 5.41) is 0.764. The molecule has 11 heteroatoms. The predicted octanol–water partition coefficient (Wildman–Crippen LogP) is 3.98. The number of alkyl halides is 3. The van der Waals surface area contributed by atoms with Crippen molar-refractivity contribution in [2.75, 3.05) is 43.9 Å². The highest BCUT2D eigenvalue weighted by atomic mass is 32.2. The fraction of sp³-hybridized carbons (Fsp3) is 0.652. The molecule has 2 aromatic heterocycles. The largest absolute Gasteiger partial charge is 0.433 e. The quantitative estimate of drug-likeness (QED) is 0.325. The first-order valence-electron chi connectivity index (χ1n) is 11.4. The SMILES string of the molecule is CSc1nc(=O)n(CCCCN2CCN(c3cc(C(F)(F)F)nc(C(C)(C)C)n3)CC2)cc1C. The third kappa shape index (κ3) is 6.71. The van der Waals surface area contributed by atoms with Crippen LogP contribution in [-0.2, 0) is 18.1 Å². The minimum atomic E-state index is -4.51. The Hall–Kier alpha value is -2.14. The lowest BCUT2D eigenvalue weighted by atomic mass is 9.95. The molecule has 2 aromatic rings. The van der Waals surface area contributed by atoms with Crippen LogP contribution in [0.15, 0.2) is 22.1 Å². The number of thioether (sulfide) groups is 1. The van der Waals surface area contributed by atoms with Crippen LogP contribution in [0.5, 0.6) is 0 Å². The summed E-state index contributed by atoms with van der Waals surface area (Å²) < 4.78 is 41.9. The van der Waals surface area contributed by atoms with Gasteiger partial charge in [-0.1, -0.05) is 20.8 Å². The number of nitrogens with zero attached hydrogens (tertiary/aromatic N) is 6. The Morgan fingerprint density at radius 1 is 1.00 bits per heavy atom. The number of aryl methyl sites for hydroxylation is 2. The van der Waals surface area contributed by atoms with Crippen LogP contribution in [0.2, 0.25) is 0 Å². The van der Waals surface area contributed by atoms with E-state index in [1.165, 1.54) is 11.8 Å². The Bertz CT molecular complexity index is 1010. The number of halogens is 3. The zero-order valence-corrected chi connectivity index (χ0v) is 21.3. The molecule has 0 aromatic carbocycles. The molecular formula is C23H33F3N6OS. The lowest BCUT2D eigenvalue weighted by Gasteiger charge is -2.36. The fourth-order valence-corrected chi connectivity index (χ4v) is 4.39. The molecule has 1 fully saturated rings. The molecule has 188 valence electrons. The maximum atomic E-state index is 13.4. The van der Waals surface area contributed by atoms with E-state index >= 15 is 0 Å². The van der Waals surface area contributed by atoms with E-state index in [1.807, 2.05) is 45.0 Å². The molecule has 3 heterocycles. The van der Waals surface area contributed by atoms with E-state index in [2.05, 4.69) is 19.9 Å². The second-order valence-corrected chi connectivity index (χ2v) is 10.4. The Morgan fingerprint density at radius 2 is 1.65 bits per heavy atom. The Labute approximate surface area is 202 Å². The van der Waals surface area contributed by atoms with Crippen molar-refractivity contribution >= 4 is 17.6 Å². The van der Waals surface area contributed by atoms with Gasteiger partial charge in [0.2, 0.25) is 0 Å². The number of unbranched alkanes of at least 4 members (excludes halogenated alkanes) is 1. The normalized spacial score (nSPS) is 15.7. The monoisotopic (exact) mass is 498 g/mol. The first-order chi connectivity index (χ1) is 15.9. The van der Waals surface area contributed by atoms with Crippen molar-refractivity contribution in [2.24, 2.45) is 0 Å². The summed E-state index contributed by atoms with van der Waals surface area (Å²) in [7, 11) is 0. The van der Waals surface area contributed by atoms with Gasteiger partial charge in [0.25, 0.3) is 0 Å². The van der Waals surface area contributed by atoms with Crippen LogP contribution in [0.4, 0.5) is 19.0 Å². The number of piperazine rings is 1. The number of rotatable bonds is 7. The lowest BCUT2D eigenvalue weighted by Crippen LogP contribution is -2.47. The van der Waals surface area contributed by atoms with Gasteiger partial charge in [-0.25, -0.2) is 14.8 Å². The van der Waals surface area contributed by atoms with Crippen molar-refractivity contribution in [3.05, 3.63) is 39.8 Å². The molecule has 0 radical (unpaired) electrons. The molecule has 3 rings (SSSR count). The average Bonchev–Trinajstić information content (AvgIpc) is 2.77. The van der Waals surface area contributed by atoms with Crippen LogP contribution in [-0.4, -0.2) is 63.4 Å². The van der Waals surface area contributed by atoms with E-state index < -0.39 is 17.3 Å². The molecule has 0 bridgehead atoms. The van der Waals surface area contributed by atoms with E-state index in [1.54, 1.807) is 4.57 Å². The van der Waals surface area contributed by atoms with Crippen molar-refractivity contribution < 1.29 is 13.2 Å². The van der Waals surface area contributed by atoms with E-state index in [9.17, 15) is 18.0 Å². The van der Waals surface area contributed by atoms with E-state index in [0.717, 1.165) is 49.1 Å². The van der Waals surface area contributed by atoms with Crippen LogP contribution in [0.3, 0.4) is 0 Å². The summed E-state index contributed by atoms with van der Waals surface area (Å²) in [6.07, 6.45) is 1.04. The molecule has 0 N–H and O–H groups in total. The summed E-state index contributed by atoms with van der Waals surface area (Å²) in [6, 6.07) is 1.06. The van der Waals surface area contributed by atoms with Gasteiger partial charge in [-0.2, -0.15) is 18.2 Å². The molecule has 1 aliphatic heterocycles. The number of hydrogen-bond acceptors (Lipinski definition) is 7. The molecule has 0 unspecified atom stereocenters. The van der Waals surface area contributed by atoms with Crippen LogP contribution in [0, 0.1) is 6.92 Å². The van der Waals surface area contributed by atoms with Gasteiger partial charge >= 0.3 is 11.9 Å². The Balaban J connectivity index is 1.54.